The van der Waals surface area contributed by atoms with Crippen molar-refractivity contribution in [1.29, 1.82) is 0 Å². The van der Waals surface area contributed by atoms with Crippen LogP contribution in [0.4, 0.5) is 0 Å². The third kappa shape index (κ3) is 4.84. The van der Waals surface area contributed by atoms with Crippen LogP contribution in [-0.2, 0) is 29.6 Å². The van der Waals surface area contributed by atoms with Crippen molar-refractivity contribution in [2.24, 2.45) is 0 Å². The highest BCUT2D eigenvalue weighted by atomic mass is 127. The number of benzene rings is 1. The van der Waals surface area contributed by atoms with E-state index in [2.05, 4.69) is 27.6 Å². The Morgan fingerprint density at radius 2 is 1.88 bits per heavy atom. The molecule has 1 heterocycles. The molecule has 1 aromatic carbocycles. The highest BCUT2D eigenvalue weighted by Crippen LogP contribution is 2.54. The molecular weight excluding hydrogens is 456 g/mol. The van der Waals surface area contributed by atoms with Crippen molar-refractivity contribution in [3.05, 3.63) is 33.5 Å². The zero-order valence-corrected chi connectivity index (χ0v) is 17.6. The van der Waals surface area contributed by atoms with Gasteiger partial charge in [-0.25, -0.2) is 0 Å². The predicted molar refractivity (Wildman–Crippen MR) is 106 cm³/mol. The van der Waals surface area contributed by atoms with Crippen LogP contribution in [0.1, 0.15) is 26.3 Å². The molecule has 0 fully saturated rings. The molecule has 2 aromatic rings. The monoisotopic (exact) mass is 479 g/mol. The number of aromatic nitrogens is 1. The second-order valence-corrected chi connectivity index (χ2v) is 8.82. The lowest BCUT2D eigenvalue weighted by molar-refractivity contribution is -0.143. The van der Waals surface area contributed by atoms with Gasteiger partial charge >= 0.3 is 13.6 Å². The first-order chi connectivity index (χ1) is 11.9. The molecule has 6 nitrogen and oxygen atoms in total. The summed E-state index contributed by atoms with van der Waals surface area (Å²) in [5.74, 6) is -0.562. The van der Waals surface area contributed by atoms with Gasteiger partial charge in [0, 0.05) is 20.7 Å². The van der Waals surface area contributed by atoms with E-state index in [1.54, 1.807) is 20.8 Å². The second-order valence-electron chi connectivity index (χ2n) is 5.35. The molecule has 1 N–H and O–H groups in total. The number of ether oxygens (including phenoxy) is 1. The van der Waals surface area contributed by atoms with Gasteiger partial charge in [0.15, 0.2) is 5.66 Å². The standard InChI is InChI=1S/C17H23INO5P/c1-4-22-17(20)16(25(21,23-5-2)24-6-3)9-12-11-19-15-8-7-13(18)10-14(12)15/h7-8,10-11,16,19H,4-6,9H2,1-3H3. The smallest absolute Gasteiger partial charge is 0.345 e. The van der Waals surface area contributed by atoms with Crippen LogP contribution in [0.5, 0.6) is 0 Å². The first kappa shape index (κ1) is 20.4. The number of hydrogen-bond acceptors (Lipinski definition) is 5. The number of esters is 1. The van der Waals surface area contributed by atoms with E-state index in [9.17, 15) is 9.36 Å². The van der Waals surface area contributed by atoms with E-state index in [1.165, 1.54) is 0 Å². The van der Waals surface area contributed by atoms with Crippen LogP contribution in [0, 0.1) is 3.57 Å². The number of carbonyl (C=O) groups is 1. The van der Waals surface area contributed by atoms with Crippen LogP contribution in [-0.4, -0.2) is 36.4 Å². The Labute approximate surface area is 161 Å². The Balaban J connectivity index is 2.42. The van der Waals surface area contributed by atoms with Gasteiger partial charge in [-0.1, -0.05) is 0 Å². The fraction of sp³-hybridized carbons (Fsp3) is 0.471. The minimum Gasteiger partial charge on any atom is -0.465 e. The minimum atomic E-state index is -3.64. The van der Waals surface area contributed by atoms with Gasteiger partial charge in [-0.05, 0) is 73.5 Å². The summed E-state index contributed by atoms with van der Waals surface area (Å²) >= 11 is 2.24. The summed E-state index contributed by atoms with van der Waals surface area (Å²) in [5, 5.41) is 0.987. The van der Waals surface area contributed by atoms with Crippen LogP contribution in [0.2, 0.25) is 0 Å². The summed E-state index contributed by atoms with van der Waals surface area (Å²) in [7, 11) is -3.64. The first-order valence-electron chi connectivity index (χ1n) is 8.26. The molecule has 0 aliphatic heterocycles. The third-order valence-corrected chi connectivity index (χ3v) is 6.77. The first-order valence-corrected chi connectivity index (χ1v) is 10.9. The van der Waals surface area contributed by atoms with Crippen molar-refractivity contribution in [3.63, 3.8) is 0 Å². The van der Waals surface area contributed by atoms with Crippen molar-refractivity contribution in [2.75, 3.05) is 19.8 Å². The average Bonchev–Trinajstić information content (AvgIpc) is 2.95. The average molecular weight is 479 g/mol. The van der Waals surface area contributed by atoms with E-state index >= 15 is 0 Å². The predicted octanol–water partition coefficient (Wildman–Crippen LogP) is 4.51. The molecule has 0 amide bonds. The molecule has 1 atom stereocenters. The fourth-order valence-corrected chi connectivity index (χ4v) is 5.07. The number of halogens is 1. The van der Waals surface area contributed by atoms with Gasteiger partial charge in [-0.15, -0.1) is 0 Å². The maximum Gasteiger partial charge on any atom is 0.345 e. The molecule has 25 heavy (non-hydrogen) atoms. The van der Waals surface area contributed by atoms with Crippen molar-refractivity contribution < 1.29 is 23.1 Å². The van der Waals surface area contributed by atoms with E-state index in [0.29, 0.717) is 0 Å². The van der Waals surface area contributed by atoms with Crippen LogP contribution >= 0.6 is 30.2 Å². The Morgan fingerprint density at radius 3 is 2.48 bits per heavy atom. The van der Waals surface area contributed by atoms with Crippen LogP contribution in [0.25, 0.3) is 10.9 Å². The fourth-order valence-electron chi connectivity index (χ4n) is 2.67. The molecule has 2 rings (SSSR count). The van der Waals surface area contributed by atoms with E-state index in [4.69, 9.17) is 13.8 Å². The summed E-state index contributed by atoms with van der Waals surface area (Å²) in [6.07, 6.45) is 2.05. The summed E-state index contributed by atoms with van der Waals surface area (Å²) in [4.78, 5) is 15.7. The summed E-state index contributed by atoms with van der Waals surface area (Å²) in [6.45, 7) is 5.76. The normalized spacial score (nSPS) is 13.1. The molecular formula is C17H23INO5P. The van der Waals surface area contributed by atoms with Crippen molar-refractivity contribution >= 4 is 47.1 Å². The quantitative estimate of drug-likeness (QED) is 0.325. The highest BCUT2D eigenvalue weighted by Gasteiger charge is 2.42. The molecule has 1 unspecified atom stereocenters. The van der Waals surface area contributed by atoms with E-state index in [1.807, 2.05) is 24.4 Å². The lowest BCUT2D eigenvalue weighted by Gasteiger charge is -2.24. The summed E-state index contributed by atoms with van der Waals surface area (Å²) < 4.78 is 30.2. The van der Waals surface area contributed by atoms with Gasteiger partial charge in [0.05, 0.1) is 19.8 Å². The SMILES string of the molecule is CCOC(=O)C(Cc1c[nH]c2ccc(I)cc12)P(=O)(OCC)OCC. The molecule has 0 radical (unpaired) electrons. The Kier molecular flexibility index (Phi) is 7.49. The molecule has 0 aliphatic carbocycles. The molecule has 0 bridgehead atoms. The molecule has 0 spiro atoms. The number of hydrogen-bond donors (Lipinski definition) is 1. The molecule has 0 aliphatic rings. The summed E-state index contributed by atoms with van der Waals surface area (Å²) in [6, 6.07) is 6.00. The van der Waals surface area contributed by atoms with E-state index < -0.39 is 19.2 Å². The topological polar surface area (TPSA) is 77.6 Å². The van der Waals surface area contributed by atoms with Crippen LogP contribution < -0.4 is 0 Å². The van der Waals surface area contributed by atoms with Crippen LogP contribution in [0.15, 0.2) is 24.4 Å². The van der Waals surface area contributed by atoms with E-state index in [0.717, 1.165) is 20.0 Å². The summed E-state index contributed by atoms with van der Waals surface area (Å²) in [5.41, 5.74) is 0.844. The van der Waals surface area contributed by atoms with Crippen molar-refractivity contribution in [1.82, 2.24) is 4.98 Å². The van der Waals surface area contributed by atoms with Crippen molar-refractivity contribution in [3.8, 4) is 0 Å². The zero-order chi connectivity index (χ0) is 18.4. The third-order valence-electron chi connectivity index (χ3n) is 3.70. The van der Waals surface area contributed by atoms with Gasteiger partial charge in [0.25, 0.3) is 0 Å². The molecule has 138 valence electrons. The minimum absolute atomic E-state index is 0.193. The van der Waals surface area contributed by atoms with Gasteiger partial charge < -0.3 is 18.8 Å². The lowest BCUT2D eigenvalue weighted by atomic mass is 10.1. The molecule has 0 saturated carbocycles. The van der Waals surface area contributed by atoms with Crippen molar-refractivity contribution in [2.45, 2.75) is 32.9 Å². The second kappa shape index (κ2) is 9.16. The Bertz CT molecular complexity index is 765. The molecule has 1 aromatic heterocycles. The number of aromatic amines is 1. The number of H-pyrrole nitrogens is 1. The number of rotatable bonds is 9. The van der Waals surface area contributed by atoms with E-state index in [-0.39, 0.29) is 26.2 Å². The molecule has 8 heteroatoms. The molecule has 0 saturated heterocycles. The van der Waals surface area contributed by atoms with Gasteiger partial charge in [0.1, 0.15) is 0 Å². The number of nitrogens with one attached hydrogen (secondary N) is 1. The number of fused-ring (bicyclic) bond motifs is 1. The Morgan fingerprint density at radius 1 is 1.20 bits per heavy atom. The number of carbonyl (C=O) groups excluding carboxylic acids is 1. The largest absolute Gasteiger partial charge is 0.465 e. The van der Waals surface area contributed by atoms with Crippen LogP contribution in [0.3, 0.4) is 0 Å². The van der Waals surface area contributed by atoms with Gasteiger partial charge in [-0.3, -0.25) is 9.36 Å². The van der Waals surface area contributed by atoms with Gasteiger partial charge in [0.2, 0.25) is 0 Å². The maximum atomic E-state index is 13.2. The maximum absolute atomic E-state index is 13.2. The van der Waals surface area contributed by atoms with Gasteiger partial charge in [-0.2, -0.15) is 0 Å². The zero-order valence-electron chi connectivity index (χ0n) is 14.6. The lowest BCUT2D eigenvalue weighted by Crippen LogP contribution is -2.28. The Hall–Kier alpha value is -0.890. The highest BCUT2D eigenvalue weighted by molar-refractivity contribution is 14.1.